The number of H-pyrrole nitrogens is 1. The fraction of sp³-hybridized carbons (Fsp3) is 0.542. The number of nitrogens with one attached hydrogen (secondary N) is 1. The third-order valence-corrected chi connectivity index (χ3v) is 8.09. The van der Waals surface area contributed by atoms with Crippen LogP contribution in [0.2, 0.25) is 0 Å². The van der Waals surface area contributed by atoms with E-state index in [-0.39, 0.29) is 22.4 Å². The molecule has 1 saturated heterocycles. The van der Waals surface area contributed by atoms with Crippen LogP contribution in [0.4, 0.5) is 0 Å². The van der Waals surface area contributed by atoms with Gasteiger partial charge in [0.2, 0.25) is 10.0 Å². The molecule has 1 aromatic carbocycles. The van der Waals surface area contributed by atoms with Crippen LogP contribution in [0, 0.1) is 0 Å². The molecule has 0 saturated carbocycles. The van der Waals surface area contributed by atoms with Crippen LogP contribution >= 0.6 is 0 Å². The lowest BCUT2D eigenvalue weighted by molar-refractivity contribution is 0.0290. The van der Waals surface area contributed by atoms with E-state index in [4.69, 9.17) is 14.5 Å². The van der Waals surface area contributed by atoms with Gasteiger partial charge in [-0.05, 0) is 51.3 Å². The number of hydrogen-bond donors (Lipinski definition) is 1. The fourth-order valence-electron chi connectivity index (χ4n) is 4.54. The van der Waals surface area contributed by atoms with Gasteiger partial charge < -0.3 is 14.5 Å². The van der Waals surface area contributed by atoms with Crippen molar-refractivity contribution in [1.29, 1.82) is 0 Å². The van der Waals surface area contributed by atoms with Crippen molar-refractivity contribution in [3.05, 3.63) is 34.2 Å². The lowest BCUT2D eigenvalue weighted by atomic mass is 10.1. The molecule has 3 heterocycles. The molecular weight excluding hydrogens is 470 g/mol. The molecule has 35 heavy (non-hydrogen) atoms. The van der Waals surface area contributed by atoms with Crippen LogP contribution in [0.3, 0.4) is 0 Å². The Morgan fingerprint density at radius 2 is 1.89 bits per heavy atom. The minimum atomic E-state index is -3.74. The number of fused-ring (bicyclic) bond motifs is 1. The monoisotopic (exact) mass is 503 g/mol. The molecule has 4 rings (SSSR count). The summed E-state index contributed by atoms with van der Waals surface area (Å²) in [5.74, 6) is 0.702. The molecule has 1 aliphatic rings. The summed E-state index contributed by atoms with van der Waals surface area (Å²) in [6.07, 6.45) is 2.93. The molecule has 0 unspecified atom stereocenters. The van der Waals surface area contributed by atoms with E-state index < -0.39 is 10.0 Å². The number of aromatic nitrogens is 4. The van der Waals surface area contributed by atoms with Crippen molar-refractivity contribution in [1.82, 2.24) is 24.1 Å². The molecule has 10 nitrogen and oxygen atoms in total. The van der Waals surface area contributed by atoms with Gasteiger partial charge in [-0.2, -0.15) is 9.40 Å². The van der Waals surface area contributed by atoms with Crippen molar-refractivity contribution in [2.24, 2.45) is 7.05 Å². The molecule has 0 atom stereocenters. The van der Waals surface area contributed by atoms with Gasteiger partial charge in [0.05, 0.1) is 28.9 Å². The van der Waals surface area contributed by atoms with Crippen molar-refractivity contribution < 1.29 is 17.9 Å². The first-order valence-electron chi connectivity index (χ1n) is 12.1. The summed E-state index contributed by atoms with van der Waals surface area (Å²) < 4.78 is 41.4. The zero-order valence-corrected chi connectivity index (χ0v) is 21.5. The Kier molecular flexibility index (Phi) is 7.58. The molecule has 0 amide bonds. The minimum absolute atomic E-state index is 0.0835. The first kappa shape index (κ1) is 25.3. The lowest BCUT2D eigenvalue weighted by Gasteiger charge is -2.31. The largest absolute Gasteiger partial charge is 0.493 e. The number of aryl methyl sites for hydroxylation is 2. The maximum Gasteiger partial charge on any atom is 0.277 e. The zero-order chi connectivity index (χ0) is 25.2. The Bertz CT molecular complexity index is 1360. The van der Waals surface area contributed by atoms with Gasteiger partial charge in [-0.25, -0.2) is 13.4 Å². The van der Waals surface area contributed by atoms with E-state index in [1.807, 2.05) is 20.8 Å². The highest BCUT2D eigenvalue weighted by molar-refractivity contribution is 7.89. The van der Waals surface area contributed by atoms with E-state index in [1.54, 1.807) is 19.2 Å². The predicted octanol–water partition coefficient (Wildman–Crippen LogP) is 2.86. The van der Waals surface area contributed by atoms with Crippen LogP contribution in [0.15, 0.2) is 27.9 Å². The van der Waals surface area contributed by atoms with Crippen molar-refractivity contribution in [3.8, 4) is 17.1 Å². The highest BCUT2D eigenvalue weighted by Gasteiger charge is 2.30. The van der Waals surface area contributed by atoms with Crippen LogP contribution < -0.4 is 10.3 Å². The van der Waals surface area contributed by atoms with Gasteiger partial charge in [0.1, 0.15) is 17.1 Å². The summed E-state index contributed by atoms with van der Waals surface area (Å²) >= 11 is 0. The normalized spacial score (nSPS) is 15.7. The summed E-state index contributed by atoms with van der Waals surface area (Å²) in [6, 6.07) is 4.70. The van der Waals surface area contributed by atoms with Crippen LogP contribution in [0.25, 0.3) is 22.4 Å². The number of piperidine rings is 1. The number of nitrogens with zero attached hydrogens (tertiary/aromatic N) is 4. The van der Waals surface area contributed by atoms with Gasteiger partial charge in [-0.3, -0.25) is 9.48 Å². The Balaban J connectivity index is 1.78. The standard InChI is InChI=1S/C24H33N5O5S/c1-5-8-19-21-22(28(4)27-19)24(30)26-23(25-21)18-15-17(9-10-20(18)34-7-3)35(31,32)29-13-11-16(12-14-29)33-6-2/h9-10,15-16H,5-8,11-14H2,1-4H3,(H,25,26,30). The molecule has 0 aliphatic carbocycles. The second kappa shape index (κ2) is 10.5. The SMILES string of the molecule is CCCc1nn(C)c2c(=O)[nH]c(-c3cc(S(=O)(=O)N4CCC(OCC)CC4)ccc3OCC)nc12. The van der Waals surface area contributed by atoms with E-state index in [0.717, 1.165) is 12.1 Å². The summed E-state index contributed by atoms with van der Waals surface area (Å²) in [5.41, 5.74) is 1.72. The molecule has 1 aliphatic heterocycles. The average molecular weight is 504 g/mol. The molecular formula is C24H33N5O5S. The molecule has 0 spiro atoms. The number of sulfonamides is 1. The van der Waals surface area contributed by atoms with Gasteiger partial charge in [-0.15, -0.1) is 0 Å². The van der Waals surface area contributed by atoms with Crippen LogP contribution in [-0.2, 0) is 28.2 Å². The molecule has 1 N–H and O–H groups in total. The Morgan fingerprint density at radius 1 is 1.14 bits per heavy atom. The smallest absolute Gasteiger partial charge is 0.277 e. The van der Waals surface area contributed by atoms with Gasteiger partial charge in [0.15, 0.2) is 5.52 Å². The summed E-state index contributed by atoms with van der Waals surface area (Å²) in [4.78, 5) is 20.6. The Labute approximate surface area is 205 Å². The Morgan fingerprint density at radius 3 is 2.54 bits per heavy atom. The van der Waals surface area contributed by atoms with Crippen LogP contribution in [0.1, 0.15) is 45.7 Å². The molecule has 0 bridgehead atoms. The molecule has 0 radical (unpaired) electrons. The number of ether oxygens (including phenoxy) is 2. The summed E-state index contributed by atoms with van der Waals surface area (Å²) in [7, 11) is -2.03. The van der Waals surface area contributed by atoms with Gasteiger partial charge in [0.25, 0.3) is 5.56 Å². The molecule has 11 heteroatoms. The predicted molar refractivity (Wildman–Crippen MR) is 133 cm³/mol. The number of aromatic amines is 1. The van der Waals surface area contributed by atoms with Crippen molar-refractivity contribution in [2.45, 2.75) is 57.5 Å². The molecule has 2 aromatic heterocycles. The van der Waals surface area contributed by atoms with E-state index >= 15 is 0 Å². The van der Waals surface area contributed by atoms with Gasteiger partial charge >= 0.3 is 0 Å². The third-order valence-electron chi connectivity index (χ3n) is 6.20. The minimum Gasteiger partial charge on any atom is -0.493 e. The highest BCUT2D eigenvalue weighted by atomic mass is 32.2. The first-order chi connectivity index (χ1) is 16.8. The van der Waals surface area contributed by atoms with Crippen molar-refractivity contribution >= 4 is 21.1 Å². The quantitative estimate of drug-likeness (QED) is 0.477. The van der Waals surface area contributed by atoms with Crippen molar-refractivity contribution in [2.75, 3.05) is 26.3 Å². The fourth-order valence-corrected chi connectivity index (χ4v) is 6.04. The second-order valence-corrected chi connectivity index (χ2v) is 10.5. The zero-order valence-electron chi connectivity index (χ0n) is 20.7. The summed E-state index contributed by atoms with van der Waals surface area (Å²) in [5, 5.41) is 4.46. The molecule has 3 aromatic rings. The van der Waals surface area contributed by atoms with E-state index in [0.29, 0.717) is 67.9 Å². The van der Waals surface area contributed by atoms with Gasteiger partial charge in [-0.1, -0.05) is 13.3 Å². The lowest BCUT2D eigenvalue weighted by Crippen LogP contribution is -2.40. The van der Waals surface area contributed by atoms with Crippen LogP contribution in [-0.4, -0.2) is 64.9 Å². The van der Waals surface area contributed by atoms with Crippen molar-refractivity contribution in [3.63, 3.8) is 0 Å². The first-order valence-corrected chi connectivity index (χ1v) is 13.6. The second-order valence-electron chi connectivity index (χ2n) is 8.58. The number of hydrogen-bond acceptors (Lipinski definition) is 7. The maximum atomic E-state index is 13.5. The molecule has 1 fully saturated rings. The number of rotatable bonds is 9. The topological polar surface area (TPSA) is 119 Å². The van der Waals surface area contributed by atoms with Gasteiger partial charge in [0, 0.05) is 26.7 Å². The van der Waals surface area contributed by atoms with E-state index in [2.05, 4.69) is 10.1 Å². The Hall–Kier alpha value is -2.76. The number of benzene rings is 1. The average Bonchev–Trinajstić information content (AvgIpc) is 3.15. The maximum absolute atomic E-state index is 13.5. The summed E-state index contributed by atoms with van der Waals surface area (Å²) in [6.45, 7) is 7.61. The third kappa shape index (κ3) is 4.98. The molecule has 190 valence electrons. The van der Waals surface area contributed by atoms with E-state index in [1.165, 1.54) is 15.1 Å². The van der Waals surface area contributed by atoms with Crippen LogP contribution in [0.5, 0.6) is 5.75 Å². The highest BCUT2D eigenvalue weighted by Crippen LogP contribution is 2.33. The van der Waals surface area contributed by atoms with E-state index in [9.17, 15) is 13.2 Å².